The molecule has 6 nitrogen and oxygen atoms in total. The van der Waals surface area contributed by atoms with Gasteiger partial charge >= 0.3 is 11.9 Å². The van der Waals surface area contributed by atoms with Gasteiger partial charge < -0.3 is 14.8 Å². The third kappa shape index (κ3) is 4.59. The Kier molecular flexibility index (Phi) is 6.67. The second-order valence-electron chi connectivity index (χ2n) is 7.09. The standard InChI is InChI=1S/C24H26N2O4/c1-5-16-9-7-8-10-20(16)26-22-18-13-17(23(27)30-15(3)4)11-12-21(18)25-14-19(22)24(28)29-6-2/h7-15H,5-6H2,1-4H3,(H,25,26). The zero-order valence-electron chi connectivity index (χ0n) is 17.7. The highest BCUT2D eigenvalue weighted by molar-refractivity contribution is 6.07. The van der Waals surface area contributed by atoms with Gasteiger partial charge in [-0.3, -0.25) is 4.98 Å². The summed E-state index contributed by atoms with van der Waals surface area (Å²) in [7, 11) is 0. The second-order valence-corrected chi connectivity index (χ2v) is 7.09. The Morgan fingerprint density at radius 2 is 1.83 bits per heavy atom. The van der Waals surface area contributed by atoms with Crippen LogP contribution in [-0.2, 0) is 15.9 Å². The Balaban J connectivity index is 2.18. The van der Waals surface area contributed by atoms with Gasteiger partial charge in [0.05, 0.1) is 29.5 Å². The van der Waals surface area contributed by atoms with Gasteiger partial charge in [-0.2, -0.15) is 0 Å². The molecule has 6 heteroatoms. The van der Waals surface area contributed by atoms with Gasteiger partial charge in [0.25, 0.3) is 0 Å². The fourth-order valence-electron chi connectivity index (χ4n) is 3.19. The highest BCUT2D eigenvalue weighted by Gasteiger charge is 2.19. The van der Waals surface area contributed by atoms with Crippen molar-refractivity contribution in [2.45, 2.75) is 40.2 Å². The summed E-state index contributed by atoms with van der Waals surface area (Å²) >= 11 is 0. The summed E-state index contributed by atoms with van der Waals surface area (Å²) in [5.41, 5.74) is 3.90. The number of anilines is 2. The van der Waals surface area contributed by atoms with Crippen LogP contribution in [0.1, 0.15) is 54.0 Å². The van der Waals surface area contributed by atoms with Gasteiger partial charge in [-0.05, 0) is 57.0 Å². The minimum absolute atomic E-state index is 0.230. The third-order valence-electron chi connectivity index (χ3n) is 4.60. The lowest BCUT2D eigenvalue weighted by Gasteiger charge is -2.17. The van der Waals surface area contributed by atoms with Gasteiger partial charge in [-0.1, -0.05) is 25.1 Å². The van der Waals surface area contributed by atoms with Crippen molar-refractivity contribution in [1.82, 2.24) is 4.98 Å². The van der Waals surface area contributed by atoms with Crippen molar-refractivity contribution < 1.29 is 19.1 Å². The summed E-state index contributed by atoms with van der Waals surface area (Å²) < 4.78 is 10.6. The number of esters is 2. The zero-order valence-corrected chi connectivity index (χ0v) is 17.7. The summed E-state index contributed by atoms with van der Waals surface area (Å²) in [6.45, 7) is 7.67. The smallest absolute Gasteiger partial charge is 0.341 e. The lowest BCUT2D eigenvalue weighted by atomic mass is 10.0. The van der Waals surface area contributed by atoms with Crippen molar-refractivity contribution in [3.63, 3.8) is 0 Å². The number of aryl methyl sites for hydroxylation is 1. The van der Waals surface area contributed by atoms with Gasteiger partial charge in [-0.25, -0.2) is 9.59 Å². The van der Waals surface area contributed by atoms with Crippen molar-refractivity contribution in [2.24, 2.45) is 0 Å². The second kappa shape index (κ2) is 9.39. The van der Waals surface area contributed by atoms with Crippen molar-refractivity contribution >= 4 is 34.2 Å². The Morgan fingerprint density at radius 3 is 2.53 bits per heavy atom. The predicted octanol–water partition coefficient (Wildman–Crippen LogP) is 5.28. The number of hydrogen-bond acceptors (Lipinski definition) is 6. The Labute approximate surface area is 176 Å². The molecule has 0 amide bonds. The van der Waals surface area contributed by atoms with Crippen molar-refractivity contribution in [2.75, 3.05) is 11.9 Å². The van der Waals surface area contributed by atoms with Crippen LogP contribution in [0.2, 0.25) is 0 Å². The summed E-state index contributed by atoms with van der Waals surface area (Å²) in [5, 5.41) is 4.03. The number of pyridine rings is 1. The SMILES string of the molecule is CCOC(=O)c1cnc2ccc(C(=O)OC(C)C)cc2c1Nc1ccccc1CC. The van der Waals surface area contributed by atoms with E-state index in [0.717, 1.165) is 17.7 Å². The minimum Gasteiger partial charge on any atom is -0.462 e. The number of benzene rings is 2. The number of ether oxygens (including phenoxy) is 2. The molecule has 0 saturated heterocycles. The van der Waals surface area contributed by atoms with Gasteiger partial charge in [0.1, 0.15) is 5.56 Å². The molecule has 0 fully saturated rings. The van der Waals surface area contributed by atoms with E-state index in [4.69, 9.17) is 9.47 Å². The van der Waals surface area contributed by atoms with Crippen LogP contribution >= 0.6 is 0 Å². The van der Waals surface area contributed by atoms with Crippen LogP contribution in [0.15, 0.2) is 48.7 Å². The van der Waals surface area contributed by atoms with Crippen LogP contribution < -0.4 is 5.32 Å². The first-order valence-electron chi connectivity index (χ1n) is 10.1. The molecule has 0 bridgehead atoms. The summed E-state index contributed by atoms with van der Waals surface area (Å²) in [5.74, 6) is -0.896. The average Bonchev–Trinajstić information content (AvgIpc) is 2.73. The van der Waals surface area contributed by atoms with Crippen molar-refractivity contribution in [3.8, 4) is 0 Å². The molecule has 0 aliphatic heterocycles. The number of rotatable bonds is 7. The molecular formula is C24H26N2O4. The Morgan fingerprint density at radius 1 is 1.07 bits per heavy atom. The lowest BCUT2D eigenvalue weighted by Crippen LogP contribution is -2.12. The lowest BCUT2D eigenvalue weighted by molar-refractivity contribution is 0.0377. The molecule has 0 saturated carbocycles. The highest BCUT2D eigenvalue weighted by atomic mass is 16.5. The molecule has 1 N–H and O–H groups in total. The predicted molar refractivity (Wildman–Crippen MR) is 117 cm³/mol. The number of hydrogen-bond donors (Lipinski definition) is 1. The monoisotopic (exact) mass is 406 g/mol. The molecule has 2 aromatic carbocycles. The van der Waals surface area contributed by atoms with Gasteiger partial charge in [0.15, 0.2) is 0 Å². The molecule has 3 aromatic rings. The van der Waals surface area contributed by atoms with Gasteiger partial charge in [0, 0.05) is 17.3 Å². The maximum absolute atomic E-state index is 12.6. The molecule has 0 aliphatic rings. The van der Waals surface area contributed by atoms with Crippen molar-refractivity contribution in [3.05, 3.63) is 65.4 Å². The minimum atomic E-state index is -0.474. The first-order valence-corrected chi connectivity index (χ1v) is 10.1. The molecule has 0 spiro atoms. The summed E-state index contributed by atoms with van der Waals surface area (Å²) in [6, 6.07) is 13.0. The van der Waals surface area contributed by atoms with E-state index in [9.17, 15) is 9.59 Å². The van der Waals surface area contributed by atoms with Crippen LogP contribution in [0.5, 0.6) is 0 Å². The third-order valence-corrected chi connectivity index (χ3v) is 4.60. The quantitative estimate of drug-likeness (QED) is 0.538. The molecule has 1 heterocycles. The van der Waals surface area contributed by atoms with Crippen LogP contribution in [-0.4, -0.2) is 29.6 Å². The highest BCUT2D eigenvalue weighted by Crippen LogP contribution is 2.32. The van der Waals surface area contributed by atoms with E-state index in [0.29, 0.717) is 27.7 Å². The number of fused-ring (bicyclic) bond motifs is 1. The number of nitrogens with zero attached hydrogens (tertiary/aromatic N) is 1. The molecule has 0 radical (unpaired) electrons. The van der Waals surface area contributed by atoms with E-state index >= 15 is 0 Å². The molecular weight excluding hydrogens is 380 g/mol. The van der Waals surface area contributed by atoms with E-state index in [2.05, 4.69) is 17.2 Å². The Hall–Kier alpha value is -3.41. The summed E-state index contributed by atoms with van der Waals surface area (Å²) in [6.07, 6.45) is 2.10. The number of carbonyl (C=O) groups is 2. The van der Waals surface area contributed by atoms with E-state index in [-0.39, 0.29) is 12.7 Å². The largest absolute Gasteiger partial charge is 0.462 e. The first-order chi connectivity index (χ1) is 14.4. The van der Waals surface area contributed by atoms with Crippen LogP contribution in [0, 0.1) is 0 Å². The van der Waals surface area contributed by atoms with E-state index in [1.807, 2.05) is 24.3 Å². The topological polar surface area (TPSA) is 77.5 Å². The average molecular weight is 406 g/mol. The zero-order chi connectivity index (χ0) is 21.7. The van der Waals surface area contributed by atoms with Crippen LogP contribution in [0.4, 0.5) is 11.4 Å². The molecule has 1 aromatic heterocycles. The maximum Gasteiger partial charge on any atom is 0.341 e. The fraction of sp³-hybridized carbons (Fsp3) is 0.292. The number of carbonyl (C=O) groups excluding carboxylic acids is 2. The molecule has 0 aliphatic carbocycles. The number of nitrogens with one attached hydrogen (secondary N) is 1. The van der Waals surface area contributed by atoms with E-state index in [1.165, 1.54) is 6.20 Å². The molecule has 3 rings (SSSR count). The summed E-state index contributed by atoms with van der Waals surface area (Å²) in [4.78, 5) is 29.5. The molecule has 0 unspecified atom stereocenters. The number of para-hydroxylation sites is 1. The van der Waals surface area contributed by atoms with Gasteiger partial charge in [0.2, 0.25) is 0 Å². The van der Waals surface area contributed by atoms with E-state index in [1.54, 1.807) is 39.0 Å². The Bertz CT molecular complexity index is 1080. The van der Waals surface area contributed by atoms with Crippen molar-refractivity contribution in [1.29, 1.82) is 0 Å². The molecule has 156 valence electrons. The fourth-order valence-corrected chi connectivity index (χ4v) is 3.19. The maximum atomic E-state index is 12.6. The normalized spacial score (nSPS) is 10.8. The molecule has 30 heavy (non-hydrogen) atoms. The first kappa shape index (κ1) is 21.3. The van der Waals surface area contributed by atoms with Crippen LogP contribution in [0.25, 0.3) is 10.9 Å². The van der Waals surface area contributed by atoms with Gasteiger partial charge in [-0.15, -0.1) is 0 Å². The van der Waals surface area contributed by atoms with E-state index < -0.39 is 11.9 Å². The molecule has 0 atom stereocenters. The number of aromatic nitrogens is 1. The van der Waals surface area contributed by atoms with Crippen LogP contribution in [0.3, 0.4) is 0 Å².